The molecule has 0 aromatic carbocycles. The Balaban J connectivity index is 3.17. The summed E-state index contributed by atoms with van der Waals surface area (Å²) in [4.78, 5) is 19.3. The minimum Gasteiger partial charge on any atom is -0.357 e. The van der Waals surface area contributed by atoms with Crippen LogP contribution in [0, 0.1) is 4.91 Å². The SMILES string of the molecule is CNC(=O)CN=O. The molecule has 0 rings (SSSR count). The first-order chi connectivity index (χ1) is 3.31. The van der Waals surface area contributed by atoms with Crippen LogP contribution in [0.25, 0.3) is 0 Å². The van der Waals surface area contributed by atoms with E-state index in [0.29, 0.717) is 0 Å². The summed E-state index contributed by atoms with van der Waals surface area (Å²) in [6.45, 7) is -0.281. The molecule has 0 aromatic rings. The van der Waals surface area contributed by atoms with Gasteiger partial charge in [0.15, 0.2) is 6.54 Å². The summed E-state index contributed by atoms with van der Waals surface area (Å²) in [5, 5.41) is 4.58. The normalized spacial score (nSPS) is 7.57. The minimum absolute atomic E-state index is 0.281. The van der Waals surface area contributed by atoms with Gasteiger partial charge in [0, 0.05) is 7.05 Å². The maximum atomic E-state index is 10.0. The maximum absolute atomic E-state index is 10.0. The third-order valence-electron chi connectivity index (χ3n) is 0.487. The van der Waals surface area contributed by atoms with Crippen molar-refractivity contribution in [1.29, 1.82) is 0 Å². The zero-order valence-corrected chi connectivity index (χ0v) is 3.97. The van der Waals surface area contributed by atoms with Crippen molar-refractivity contribution < 1.29 is 4.79 Å². The van der Waals surface area contributed by atoms with E-state index in [2.05, 4.69) is 10.5 Å². The molecular formula is C3H6N2O2. The van der Waals surface area contributed by atoms with Crippen LogP contribution in [0.3, 0.4) is 0 Å². The van der Waals surface area contributed by atoms with E-state index in [1.165, 1.54) is 7.05 Å². The molecule has 0 aromatic heterocycles. The van der Waals surface area contributed by atoms with Gasteiger partial charge in [0.25, 0.3) is 0 Å². The Hall–Kier alpha value is -0.930. The van der Waals surface area contributed by atoms with Crippen LogP contribution in [-0.2, 0) is 4.79 Å². The van der Waals surface area contributed by atoms with E-state index in [-0.39, 0.29) is 12.5 Å². The molecule has 0 aliphatic carbocycles. The van der Waals surface area contributed by atoms with E-state index in [4.69, 9.17) is 0 Å². The molecule has 0 spiro atoms. The van der Waals surface area contributed by atoms with Crippen LogP contribution in [0.5, 0.6) is 0 Å². The van der Waals surface area contributed by atoms with E-state index in [9.17, 15) is 9.70 Å². The molecule has 0 unspecified atom stereocenters. The Labute approximate surface area is 40.9 Å². The average molecular weight is 102 g/mol. The molecule has 4 heteroatoms. The van der Waals surface area contributed by atoms with Crippen LogP contribution >= 0.6 is 0 Å². The van der Waals surface area contributed by atoms with Gasteiger partial charge < -0.3 is 5.32 Å². The molecule has 4 nitrogen and oxygen atoms in total. The number of hydrogen-bond acceptors (Lipinski definition) is 3. The Morgan fingerprint density at radius 2 is 2.43 bits per heavy atom. The summed E-state index contributed by atoms with van der Waals surface area (Å²) in [5.41, 5.74) is 0. The highest BCUT2D eigenvalue weighted by Gasteiger charge is 1.91. The quantitative estimate of drug-likeness (QED) is 0.478. The molecular weight excluding hydrogens is 96.0 g/mol. The number of hydrogen-bond donors (Lipinski definition) is 1. The summed E-state index contributed by atoms with van der Waals surface area (Å²) >= 11 is 0. The lowest BCUT2D eigenvalue weighted by Gasteiger charge is -1.85. The molecule has 0 heterocycles. The molecule has 0 atom stereocenters. The summed E-state index contributed by atoms with van der Waals surface area (Å²) in [6, 6.07) is 0. The molecule has 0 saturated heterocycles. The van der Waals surface area contributed by atoms with Gasteiger partial charge >= 0.3 is 0 Å². The molecule has 0 fully saturated rings. The summed E-state index contributed by atoms with van der Waals surface area (Å²) < 4.78 is 0. The van der Waals surface area contributed by atoms with Gasteiger partial charge in [-0.25, -0.2) is 0 Å². The van der Waals surface area contributed by atoms with Crippen molar-refractivity contribution in [1.82, 2.24) is 5.32 Å². The first kappa shape index (κ1) is 6.07. The molecule has 0 saturated carbocycles. The third kappa shape index (κ3) is 2.88. The largest absolute Gasteiger partial charge is 0.357 e. The topological polar surface area (TPSA) is 58.5 Å². The predicted octanol–water partition coefficient (Wildman–Crippen LogP) is -0.501. The van der Waals surface area contributed by atoms with Gasteiger partial charge in [0.1, 0.15) is 0 Å². The van der Waals surface area contributed by atoms with E-state index >= 15 is 0 Å². The number of nitrogens with zero attached hydrogens (tertiary/aromatic N) is 1. The van der Waals surface area contributed by atoms with Crippen molar-refractivity contribution >= 4 is 5.91 Å². The number of carbonyl (C=O) groups excluding carboxylic acids is 1. The lowest BCUT2D eigenvalue weighted by molar-refractivity contribution is -0.119. The van der Waals surface area contributed by atoms with Gasteiger partial charge in [-0.1, -0.05) is 5.18 Å². The standard InChI is InChI=1S/C3H6N2O2/c1-4-3(6)2-5-7/h2H2,1H3,(H,4,6). The zero-order chi connectivity index (χ0) is 5.70. The number of carbonyl (C=O) groups is 1. The maximum Gasteiger partial charge on any atom is 0.245 e. The van der Waals surface area contributed by atoms with Crippen molar-refractivity contribution in [2.24, 2.45) is 5.18 Å². The van der Waals surface area contributed by atoms with Crippen LogP contribution in [-0.4, -0.2) is 19.5 Å². The van der Waals surface area contributed by atoms with Crippen LogP contribution in [0.2, 0.25) is 0 Å². The van der Waals surface area contributed by atoms with E-state index in [1.807, 2.05) is 0 Å². The summed E-state index contributed by atoms with van der Waals surface area (Å²) in [6.07, 6.45) is 0. The highest BCUT2D eigenvalue weighted by atomic mass is 16.3. The van der Waals surface area contributed by atoms with Crippen molar-refractivity contribution in [2.45, 2.75) is 0 Å². The smallest absolute Gasteiger partial charge is 0.245 e. The molecule has 7 heavy (non-hydrogen) atoms. The second-order valence-corrected chi connectivity index (χ2v) is 0.960. The first-order valence-corrected chi connectivity index (χ1v) is 1.81. The molecule has 1 amide bonds. The van der Waals surface area contributed by atoms with Gasteiger partial charge in [-0.2, -0.15) is 4.91 Å². The lowest BCUT2D eigenvalue weighted by Crippen LogP contribution is -2.19. The third-order valence-corrected chi connectivity index (χ3v) is 0.487. The monoisotopic (exact) mass is 102 g/mol. The van der Waals surface area contributed by atoms with Crippen LogP contribution in [0.4, 0.5) is 0 Å². The number of nitrogens with one attached hydrogen (secondary N) is 1. The molecule has 0 aliphatic heterocycles. The highest BCUT2D eigenvalue weighted by molar-refractivity contribution is 5.77. The molecule has 1 N–H and O–H groups in total. The van der Waals surface area contributed by atoms with Gasteiger partial charge in [0.2, 0.25) is 5.91 Å². The van der Waals surface area contributed by atoms with Crippen molar-refractivity contribution in [2.75, 3.05) is 13.6 Å². The number of likely N-dealkylation sites (N-methyl/N-ethyl adjacent to an activating group) is 1. The molecule has 0 radical (unpaired) electrons. The Morgan fingerprint density at radius 3 is 2.57 bits per heavy atom. The van der Waals surface area contributed by atoms with E-state index in [0.717, 1.165) is 0 Å². The van der Waals surface area contributed by atoms with Crippen LogP contribution < -0.4 is 5.32 Å². The Bertz CT molecular complexity index is 81.0. The summed E-state index contributed by atoms with van der Waals surface area (Å²) in [7, 11) is 1.45. The van der Waals surface area contributed by atoms with Crippen LogP contribution in [0.15, 0.2) is 5.18 Å². The van der Waals surface area contributed by atoms with Gasteiger partial charge in [-0.05, 0) is 0 Å². The van der Waals surface area contributed by atoms with Crippen LogP contribution in [0.1, 0.15) is 0 Å². The predicted molar refractivity (Wildman–Crippen MR) is 24.7 cm³/mol. The lowest BCUT2D eigenvalue weighted by atomic mass is 10.6. The number of nitroso groups, excluding NO2 is 1. The highest BCUT2D eigenvalue weighted by Crippen LogP contribution is 1.63. The Kier molecular flexibility index (Phi) is 2.83. The minimum atomic E-state index is -0.352. The average Bonchev–Trinajstić information content (AvgIpc) is 1.68. The fourth-order valence-corrected chi connectivity index (χ4v) is 0.138. The first-order valence-electron chi connectivity index (χ1n) is 1.81. The fourth-order valence-electron chi connectivity index (χ4n) is 0.138. The van der Waals surface area contributed by atoms with Crippen molar-refractivity contribution in [3.05, 3.63) is 4.91 Å². The number of rotatable bonds is 2. The van der Waals surface area contributed by atoms with E-state index in [1.54, 1.807) is 0 Å². The number of amides is 1. The summed E-state index contributed by atoms with van der Waals surface area (Å²) in [5.74, 6) is -0.352. The van der Waals surface area contributed by atoms with E-state index < -0.39 is 0 Å². The molecule has 0 bridgehead atoms. The van der Waals surface area contributed by atoms with Crippen molar-refractivity contribution in [3.63, 3.8) is 0 Å². The molecule has 40 valence electrons. The van der Waals surface area contributed by atoms with Gasteiger partial charge in [0.05, 0.1) is 0 Å². The van der Waals surface area contributed by atoms with Gasteiger partial charge in [-0.3, -0.25) is 4.79 Å². The fraction of sp³-hybridized carbons (Fsp3) is 0.667. The van der Waals surface area contributed by atoms with Crippen molar-refractivity contribution in [3.8, 4) is 0 Å². The molecule has 0 aliphatic rings. The zero-order valence-electron chi connectivity index (χ0n) is 3.97. The Morgan fingerprint density at radius 1 is 1.86 bits per heavy atom. The second-order valence-electron chi connectivity index (χ2n) is 0.960. The van der Waals surface area contributed by atoms with Gasteiger partial charge in [-0.15, -0.1) is 0 Å². The second kappa shape index (κ2) is 3.27.